The van der Waals surface area contributed by atoms with Crippen LogP contribution >= 0.6 is 28.6 Å². The topological polar surface area (TPSA) is 44.1 Å². The minimum absolute atomic E-state index is 0.0574. The predicted molar refractivity (Wildman–Crippen MR) is 68.6 cm³/mol. The van der Waals surface area contributed by atoms with E-state index in [-0.39, 0.29) is 11.2 Å². The van der Waals surface area contributed by atoms with Crippen LogP contribution < -0.4 is 4.90 Å². The van der Waals surface area contributed by atoms with Crippen LogP contribution in [0.25, 0.3) is 0 Å². The number of anilines is 1. The number of amides is 1. The Bertz CT molecular complexity index is 483. The van der Waals surface area contributed by atoms with Gasteiger partial charge in [0.1, 0.15) is 0 Å². The van der Waals surface area contributed by atoms with Crippen molar-refractivity contribution in [2.24, 2.45) is 0 Å². The summed E-state index contributed by atoms with van der Waals surface area (Å²) < 4.78 is 0.803. The van der Waals surface area contributed by atoms with Gasteiger partial charge in [-0.15, -0.1) is 0 Å². The van der Waals surface area contributed by atoms with Crippen molar-refractivity contribution in [2.75, 3.05) is 11.4 Å². The third kappa shape index (κ3) is 2.23. The molecular formula is C11H9BrN2OS. The molecule has 1 aliphatic rings. The quantitative estimate of drug-likeness (QED) is 0.809. The van der Waals surface area contributed by atoms with Gasteiger partial charge in [0.15, 0.2) is 0 Å². The fourth-order valence-corrected chi connectivity index (χ4v) is 2.53. The molecule has 82 valence electrons. The van der Waals surface area contributed by atoms with Gasteiger partial charge in [-0.1, -0.05) is 15.9 Å². The van der Waals surface area contributed by atoms with Crippen LogP contribution in [0.4, 0.5) is 5.69 Å². The van der Waals surface area contributed by atoms with Gasteiger partial charge in [0.05, 0.1) is 11.6 Å². The van der Waals surface area contributed by atoms with E-state index >= 15 is 0 Å². The van der Waals surface area contributed by atoms with Crippen molar-refractivity contribution in [3.63, 3.8) is 0 Å². The molecule has 0 saturated carbocycles. The summed E-state index contributed by atoms with van der Waals surface area (Å²) in [5.74, 6) is 0.0574. The lowest BCUT2D eigenvalue weighted by atomic mass is 10.2. The van der Waals surface area contributed by atoms with Crippen LogP contribution in [0.15, 0.2) is 22.7 Å². The van der Waals surface area contributed by atoms with Crippen molar-refractivity contribution < 1.29 is 4.79 Å². The maximum absolute atomic E-state index is 11.7. The number of thiol groups is 1. The first-order valence-corrected chi connectivity index (χ1v) is 6.10. The van der Waals surface area contributed by atoms with Gasteiger partial charge in [-0.05, 0) is 18.2 Å². The molecule has 1 fully saturated rings. The number of nitrogens with zero attached hydrogens (tertiary/aromatic N) is 2. The normalized spacial score (nSPS) is 19.9. The lowest BCUT2D eigenvalue weighted by Gasteiger charge is -2.16. The Morgan fingerprint density at radius 2 is 2.25 bits per heavy atom. The maximum Gasteiger partial charge on any atom is 0.228 e. The molecule has 0 aromatic heterocycles. The van der Waals surface area contributed by atoms with Crippen LogP contribution in [0.2, 0.25) is 0 Å². The van der Waals surface area contributed by atoms with E-state index in [4.69, 9.17) is 5.26 Å². The van der Waals surface area contributed by atoms with Gasteiger partial charge in [-0.2, -0.15) is 17.9 Å². The van der Waals surface area contributed by atoms with Crippen molar-refractivity contribution in [1.82, 2.24) is 0 Å². The number of hydrogen-bond donors (Lipinski definition) is 1. The fraction of sp³-hybridized carbons (Fsp3) is 0.273. The molecule has 1 aliphatic heterocycles. The highest BCUT2D eigenvalue weighted by Gasteiger charge is 2.28. The standard InChI is InChI=1S/C11H9BrN2OS/c12-8-1-7(5-13)2-9(3-8)14-6-10(16)4-11(14)15/h1-3,10,16H,4,6H2. The van der Waals surface area contributed by atoms with Crippen LogP contribution in [0.1, 0.15) is 12.0 Å². The maximum atomic E-state index is 11.7. The molecule has 1 amide bonds. The zero-order valence-corrected chi connectivity index (χ0v) is 10.8. The van der Waals surface area contributed by atoms with Gasteiger partial charge >= 0.3 is 0 Å². The molecule has 5 heteroatoms. The first-order valence-electron chi connectivity index (χ1n) is 4.79. The highest BCUT2D eigenvalue weighted by molar-refractivity contribution is 9.10. The van der Waals surface area contributed by atoms with Gasteiger partial charge in [0.2, 0.25) is 5.91 Å². The van der Waals surface area contributed by atoms with E-state index < -0.39 is 0 Å². The lowest BCUT2D eigenvalue weighted by Crippen LogP contribution is -2.24. The van der Waals surface area contributed by atoms with E-state index in [0.717, 1.165) is 10.2 Å². The van der Waals surface area contributed by atoms with Crippen molar-refractivity contribution in [2.45, 2.75) is 11.7 Å². The number of halogens is 1. The first-order chi connectivity index (χ1) is 7.60. The summed E-state index contributed by atoms with van der Waals surface area (Å²) in [6.45, 7) is 0.600. The predicted octanol–water partition coefficient (Wildman–Crippen LogP) is 2.36. The van der Waals surface area contributed by atoms with Crippen LogP contribution in [0, 0.1) is 11.3 Å². The van der Waals surface area contributed by atoms with Gasteiger partial charge in [-0.25, -0.2) is 0 Å². The zero-order valence-electron chi connectivity index (χ0n) is 8.35. The van der Waals surface area contributed by atoms with E-state index in [9.17, 15) is 4.79 Å². The Morgan fingerprint density at radius 1 is 1.50 bits per heavy atom. The van der Waals surface area contributed by atoms with Gasteiger partial charge in [0, 0.05) is 28.4 Å². The molecule has 0 radical (unpaired) electrons. The van der Waals surface area contributed by atoms with E-state index in [1.54, 1.807) is 17.0 Å². The summed E-state index contributed by atoms with van der Waals surface area (Å²) in [5, 5.41) is 8.94. The summed E-state index contributed by atoms with van der Waals surface area (Å²) in [5.41, 5.74) is 1.30. The van der Waals surface area contributed by atoms with E-state index in [1.165, 1.54) is 0 Å². The molecule has 1 aromatic rings. The second-order valence-electron chi connectivity index (χ2n) is 3.67. The molecule has 1 saturated heterocycles. The Kier molecular flexibility index (Phi) is 3.22. The van der Waals surface area contributed by atoms with Crippen LogP contribution in [0.3, 0.4) is 0 Å². The molecule has 0 aliphatic carbocycles. The third-order valence-electron chi connectivity index (χ3n) is 2.43. The third-order valence-corrected chi connectivity index (χ3v) is 3.23. The molecule has 0 spiro atoms. The number of hydrogen-bond acceptors (Lipinski definition) is 3. The molecule has 0 N–H and O–H groups in total. The van der Waals surface area contributed by atoms with Crippen LogP contribution in [-0.4, -0.2) is 17.7 Å². The number of carbonyl (C=O) groups is 1. The molecule has 2 rings (SSSR count). The summed E-state index contributed by atoms with van der Waals surface area (Å²) in [6.07, 6.45) is 0.456. The first kappa shape index (κ1) is 11.5. The van der Waals surface area contributed by atoms with E-state index in [2.05, 4.69) is 34.6 Å². The summed E-state index contributed by atoms with van der Waals surface area (Å²) >= 11 is 7.62. The average Bonchev–Trinajstić information content (AvgIpc) is 2.57. The highest BCUT2D eigenvalue weighted by atomic mass is 79.9. The molecule has 1 unspecified atom stereocenters. The van der Waals surface area contributed by atoms with Crippen LogP contribution in [0.5, 0.6) is 0 Å². The summed E-state index contributed by atoms with van der Waals surface area (Å²) in [4.78, 5) is 13.3. The molecule has 1 aromatic carbocycles. The largest absolute Gasteiger partial charge is 0.311 e. The van der Waals surface area contributed by atoms with Gasteiger partial charge in [-0.3, -0.25) is 4.79 Å². The van der Waals surface area contributed by atoms with Crippen LogP contribution in [-0.2, 0) is 4.79 Å². The molecule has 3 nitrogen and oxygen atoms in total. The van der Waals surface area contributed by atoms with Crippen molar-refractivity contribution in [1.29, 1.82) is 5.26 Å². The number of rotatable bonds is 1. The summed E-state index contributed by atoms with van der Waals surface area (Å²) in [6, 6.07) is 7.35. The molecule has 1 heterocycles. The summed E-state index contributed by atoms with van der Waals surface area (Å²) in [7, 11) is 0. The minimum Gasteiger partial charge on any atom is -0.311 e. The second-order valence-corrected chi connectivity index (χ2v) is 5.32. The van der Waals surface area contributed by atoms with Gasteiger partial charge < -0.3 is 4.90 Å². The molecule has 0 bridgehead atoms. The Morgan fingerprint density at radius 3 is 2.81 bits per heavy atom. The second kappa shape index (κ2) is 4.48. The number of nitriles is 1. The Labute approximate surface area is 108 Å². The minimum atomic E-state index is 0.0574. The van der Waals surface area contributed by atoms with Crippen molar-refractivity contribution in [3.05, 3.63) is 28.2 Å². The molecule has 16 heavy (non-hydrogen) atoms. The van der Waals surface area contributed by atoms with E-state index in [1.807, 2.05) is 6.07 Å². The SMILES string of the molecule is N#Cc1cc(Br)cc(N2CC(S)CC2=O)c1. The Hall–Kier alpha value is -0.990. The monoisotopic (exact) mass is 296 g/mol. The highest BCUT2D eigenvalue weighted by Crippen LogP contribution is 2.27. The lowest BCUT2D eigenvalue weighted by molar-refractivity contribution is -0.117. The van der Waals surface area contributed by atoms with Crippen molar-refractivity contribution >= 4 is 40.2 Å². The fourth-order valence-electron chi connectivity index (χ4n) is 1.73. The average molecular weight is 297 g/mol. The molecular weight excluding hydrogens is 288 g/mol. The number of benzene rings is 1. The number of carbonyl (C=O) groups excluding carboxylic acids is 1. The van der Waals surface area contributed by atoms with Crippen molar-refractivity contribution in [3.8, 4) is 6.07 Å². The molecule has 1 atom stereocenters. The Balaban J connectivity index is 2.37. The van der Waals surface area contributed by atoms with Gasteiger partial charge in [0.25, 0.3) is 0 Å². The van der Waals surface area contributed by atoms with E-state index in [0.29, 0.717) is 18.5 Å². The zero-order chi connectivity index (χ0) is 11.7. The smallest absolute Gasteiger partial charge is 0.228 e.